The van der Waals surface area contributed by atoms with Gasteiger partial charge < -0.3 is 15.7 Å². The number of halogens is 4. The fraction of sp³-hybridized carbons (Fsp3) is 0.429. The molecule has 0 bridgehead atoms. The first kappa shape index (κ1) is 28.8. The molecule has 0 saturated carbocycles. The van der Waals surface area contributed by atoms with Gasteiger partial charge in [-0.25, -0.2) is 4.98 Å². The maximum Gasteiger partial charge on any atom is 0.242 e. The molecule has 3 heterocycles. The number of phenols is 1. The molecule has 4 rings (SSSR count). The number of nitrogens with zero attached hydrogens (tertiary/aromatic N) is 4. The minimum absolute atomic E-state index is 0. The first-order chi connectivity index (χ1) is 14.1. The third kappa shape index (κ3) is 6.66. The van der Waals surface area contributed by atoms with E-state index in [9.17, 15) is 9.50 Å². The molecular formula is C21H29Cl3FN7O. The molecule has 3 aromatic rings. The van der Waals surface area contributed by atoms with Gasteiger partial charge in [-0.2, -0.15) is 4.39 Å². The number of rotatable bonds is 4. The number of hydrogen-bond acceptors (Lipinski definition) is 7. The fourth-order valence-corrected chi connectivity index (χ4v) is 4.46. The van der Waals surface area contributed by atoms with E-state index >= 15 is 0 Å². The topological polar surface area (TPSA) is 112 Å². The van der Waals surface area contributed by atoms with E-state index in [1.54, 1.807) is 18.3 Å². The SMILES string of the molecule is CC1(C)CC(Nc2ncc(-c3ccc(-c4c[nH]nc4F)cc3O)nn2)CC(C)(C)N1.Cl.Cl.Cl. The van der Waals surface area contributed by atoms with Crippen LogP contribution in [0.5, 0.6) is 5.75 Å². The zero-order chi connectivity index (χ0) is 21.5. The summed E-state index contributed by atoms with van der Waals surface area (Å²) in [5, 5.41) is 31.8. The van der Waals surface area contributed by atoms with E-state index in [1.807, 2.05) is 0 Å². The van der Waals surface area contributed by atoms with Crippen molar-refractivity contribution < 1.29 is 9.50 Å². The predicted molar refractivity (Wildman–Crippen MR) is 134 cm³/mol. The highest BCUT2D eigenvalue weighted by molar-refractivity contribution is 5.86. The van der Waals surface area contributed by atoms with Gasteiger partial charge in [0.1, 0.15) is 11.4 Å². The average molecular weight is 521 g/mol. The number of hydrogen-bond donors (Lipinski definition) is 4. The molecule has 1 saturated heterocycles. The lowest BCUT2D eigenvalue weighted by Gasteiger charge is -2.46. The van der Waals surface area contributed by atoms with Crippen molar-refractivity contribution in [1.82, 2.24) is 30.7 Å². The van der Waals surface area contributed by atoms with Crippen LogP contribution in [0.4, 0.5) is 10.3 Å². The number of aromatic hydroxyl groups is 1. The number of nitrogens with one attached hydrogen (secondary N) is 3. The van der Waals surface area contributed by atoms with Crippen LogP contribution in [0.1, 0.15) is 40.5 Å². The molecular weight excluding hydrogens is 492 g/mol. The van der Waals surface area contributed by atoms with Gasteiger partial charge in [-0.15, -0.1) is 52.5 Å². The summed E-state index contributed by atoms with van der Waals surface area (Å²) in [7, 11) is 0. The Bertz CT molecular complexity index is 1040. The van der Waals surface area contributed by atoms with Crippen LogP contribution in [-0.2, 0) is 0 Å². The van der Waals surface area contributed by atoms with Crippen LogP contribution in [-0.4, -0.2) is 47.6 Å². The van der Waals surface area contributed by atoms with Crippen molar-refractivity contribution in [3.63, 3.8) is 0 Å². The second kappa shape index (κ2) is 10.8. The molecule has 2 aromatic heterocycles. The summed E-state index contributed by atoms with van der Waals surface area (Å²) in [5.41, 5.74) is 1.72. The van der Waals surface area contributed by atoms with E-state index in [2.05, 4.69) is 63.7 Å². The standard InChI is InChI=1S/C21H26FN7O.3ClH/c1-20(2)8-13(9-21(3,4)29-20)25-19-23-11-16(26-28-19)14-6-5-12(7-17(14)30)15-10-24-27-18(15)22;;;/h5-7,10-11,13,29-30H,8-9H2,1-4H3,(H,24,27)(H,23,25,28);3*1H. The third-order valence-corrected chi connectivity index (χ3v) is 5.26. The van der Waals surface area contributed by atoms with Gasteiger partial charge in [0.2, 0.25) is 11.9 Å². The molecule has 1 fully saturated rings. The maximum absolute atomic E-state index is 13.7. The van der Waals surface area contributed by atoms with Gasteiger partial charge in [0.25, 0.3) is 0 Å². The first-order valence-electron chi connectivity index (χ1n) is 9.91. The summed E-state index contributed by atoms with van der Waals surface area (Å²) < 4.78 is 13.7. The highest BCUT2D eigenvalue weighted by atomic mass is 35.5. The second-order valence-corrected chi connectivity index (χ2v) is 9.13. The molecule has 0 amide bonds. The number of aromatic amines is 1. The molecule has 1 aliphatic heterocycles. The van der Waals surface area contributed by atoms with Crippen molar-refractivity contribution in [1.29, 1.82) is 0 Å². The second-order valence-electron chi connectivity index (χ2n) is 9.13. The average Bonchev–Trinajstić information content (AvgIpc) is 3.06. The van der Waals surface area contributed by atoms with Crippen LogP contribution in [0.15, 0.2) is 30.6 Å². The number of phenolic OH excluding ortho intramolecular Hbond substituents is 1. The van der Waals surface area contributed by atoms with Crippen molar-refractivity contribution >= 4 is 43.2 Å². The Kier molecular flexibility index (Phi) is 9.45. The van der Waals surface area contributed by atoms with Gasteiger partial charge in [-0.1, -0.05) is 6.07 Å². The van der Waals surface area contributed by atoms with Gasteiger partial charge in [-0.05, 0) is 58.2 Å². The van der Waals surface area contributed by atoms with Gasteiger partial charge in [0.15, 0.2) is 0 Å². The Balaban J connectivity index is 0.00000181. The molecule has 4 N–H and O–H groups in total. The molecule has 0 radical (unpaired) electrons. The first-order valence-corrected chi connectivity index (χ1v) is 9.91. The van der Waals surface area contributed by atoms with Crippen LogP contribution >= 0.6 is 37.2 Å². The normalized spacial score (nSPS) is 16.6. The summed E-state index contributed by atoms with van der Waals surface area (Å²) in [4.78, 5) is 4.38. The lowest BCUT2D eigenvalue weighted by Crippen LogP contribution is -2.60. The Morgan fingerprint density at radius 1 is 1.03 bits per heavy atom. The minimum atomic E-state index is -0.622. The minimum Gasteiger partial charge on any atom is -0.507 e. The zero-order valence-electron chi connectivity index (χ0n) is 18.7. The lowest BCUT2D eigenvalue weighted by atomic mass is 9.80. The molecule has 33 heavy (non-hydrogen) atoms. The van der Waals surface area contributed by atoms with Crippen LogP contribution < -0.4 is 10.6 Å². The van der Waals surface area contributed by atoms with E-state index in [0.717, 1.165) is 12.8 Å². The Morgan fingerprint density at radius 3 is 2.21 bits per heavy atom. The summed E-state index contributed by atoms with van der Waals surface area (Å²) >= 11 is 0. The monoisotopic (exact) mass is 519 g/mol. The lowest BCUT2D eigenvalue weighted by molar-refractivity contribution is 0.170. The summed E-state index contributed by atoms with van der Waals surface area (Å²) in [6.07, 6.45) is 4.89. The molecule has 0 unspecified atom stereocenters. The van der Waals surface area contributed by atoms with E-state index in [-0.39, 0.29) is 65.7 Å². The van der Waals surface area contributed by atoms with Crippen molar-refractivity contribution in [2.45, 2.75) is 57.7 Å². The summed E-state index contributed by atoms with van der Waals surface area (Å²) in [5.74, 6) is -0.205. The highest BCUT2D eigenvalue weighted by Gasteiger charge is 2.37. The van der Waals surface area contributed by atoms with Crippen molar-refractivity contribution in [2.75, 3.05) is 5.32 Å². The van der Waals surface area contributed by atoms with Crippen molar-refractivity contribution in [2.24, 2.45) is 0 Å². The number of H-pyrrole nitrogens is 1. The number of benzene rings is 1. The Morgan fingerprint density at radius 2 is 1.70 bits per heavy atom. The molecule has 1 aromatic carbocycles. The molecule has 1 aliphatic rings. The number of aromatic nitrogens is 5. The smallest absolute Gasteiger partial charge is 0.242 e. The molecule has 182 valence electrons. The van der Waals surface area contributed by atoms with E-state index in [1.165, 1.54) is 12.3 Å². The van der Waals surface area contributed by atoms with Crippen molar-refractivity contribution in [3.8, 4) is 28.1 Å². The fourth-order valence-electron chi connectivity index (χ4n) is 4.46. The zero-order valence-corrected chi connectivity index (χ0v) is 21.2. The maximum atomic E-state index is 13.7. The van der Waals surface area contributed by atoms with Crippen LogP contribution in [0.25, 0.3) is 22.4 Å². The van der Waals surface area contributed by atoms with Gasteiger partial charge >= 0.3 is 0 Å². The quantitative estimate of drug-likeness (QED) is 0.392. The number of anilines is 1. The van der Waals surface area contributed by atoms with Crippen LogP contribution in [0.2, 0.25) is 0 Å². The van der Waals surface area contributed by atoms with E-state index in [0.29, 0.717) is 22.8 Å². The van der Waals surface area contributed by atoms with Crippen molar-refractivity contribution in [3.05, 3.63) is 36.5 Å². The van der Waals surface area contributed by atoms with E-state index in [4.69, 9.17) is 0 Å². The van der Waals surface area contributed by atoms with Gasteiger partial charge in [0.05, 0.1) is 11.8 Å². The van der Waals surface area contributed by atoms with E-state index < -0.39 is 5.95 Å². The molecule has 0 atom stereocenters. The summed E-state index contributed by atoms with van der Waals surface area (Å²) in [6, 6.07) is 5.04. The highest BCUT2D eigenvalue weighted by Crippen LogP contribution is 2.33. The molecule has 0 spiro atoms. The third-order valence-electron chi connectivity index (χ3n) is 5.26. The molecule has 8 nitrogen and oxygen atoms in total. The molecule has 0 aliphatic carbocycles. The largest absolute Gasteiger partial charge is 0.507 e. The number of piperidine rings is 1. The van der Waals surface area contributed by atoms with Crippen LogP contribution in [0.3, 0.4) is 0 Å². The Hall–Kier alpha value is -2.20. The van der Waals surface area contributed by atoms with Crippen LogP contribution in [0, 0.1) is 5.95 Å². The predicted octanol–water partition coefficient (Wildman–Crippen LogP) is 4.76. The molecule has 12 heteroatoms. The Labute approximate surface area is 210 Å². The van der Waals surface area contributed by atoms with Gasteiger partial charge in [0, 0.05) is 28.9 Å². The summed E-state index contributed by atoms with van der Waals surface area (Å²) in [6.45, 7) is 8.75. The van der Waals surface area contributed by atoms with Gasteiger partial charge in [-0.3, -0.25) is 5.10 Å².